The van der Waals surface area contributed by atoms with Crippen molar-refractivity contribution in [3.8, 4) is 5.75 Å². The van der Waals surface area contributed by atoms with Gasteiger partial charge in [-0.2, -0.15) is 0 Å². The maximum absolute atomic E-state index is 11.8. The molecule has 0 aromatic heterocycles. The van der Waals surface area contributed by atoms with E-state index in [-0.39, 0.29) is 16.7 Å². The number of nitrogens with one attached hydrogen (secondary N) is 1. The largest absolute Gasteiger partial charge is 0.506 e. The van der Waals surface area contributed by atoms with Gasteiger partial charge in [-0.3, -0.25) is 5.32 Å². The molecule has 0 heterocycles. The molecule has 0 saturated heterocycles. The highest BCUT2D eigenvalue weighted by atomic mass is 35.5. The lowest BCUT2D eigenvalue weighted by molar-refractivity contribution is -0.145. The van der Waals surface area contributed by atoms with E-state index in [1.54, 1.807) is 19.1 Å². The molecule has 0 saturated carbocycles. The molecule has 2 N–H and O–H groups in total. The Bertz CT molecular complexity index is 434. The van der Waals surface area contributed by atoms with Crippen LogP contribution in [0.15, 0.2) is 30.9 Å². The number of hydrogen-bond donors (Lipinski definition) is 2. The molecule has 5 heteroatoms. The van der Waals surface area contributed by atoms with Gasteiger partial charge in [0.15, 0.2) is 0 Å². The van der Waals surface area contributed by atoms with Gasteiger partial charge >= 0.3 is 5.97 Å². The van der Waals surface area contributed by atoms with E-state index in [9.17, 15) is 9.90 Å². The number of phenolic OH excluding ortho intramolecular Hbond substituents is 1. The van der Waals surface area contributed by atoms with Gasteiger partial charge in [0.05, 0.1) is 11.6 Å². The SMILES string of the molecule is C=CCNC(C(=O)OCC)c1ccc(O)c(Cl)c1. The lowest BCUT2D eigenvalue weighted by Crippen LogP contribution is -2.30. The molecule has 4 nitrogen and oxygen atoms in total. The zero-order valence-electron chi connectivity index (χ0n) is 10.1. The molecule has 0 fully saturated rings. The molecule has 0 amide bonds. The fourth-order valence-corrected chi connectivity index (χ4v) is 1.66. The summed E-state index contributed by atoms with van der Waals surface area (Å²) in [5, 5.41) is 12.5. The van der Waals surface area contributed by atoms with Crippen molar-refractivity contribution in [1.29, 1.82) is 0 Å². The van der Waals surface area contributed by atoms with Crippen LogP contribution in [0.25, 0.3) is 0 Å². The minimum atomic E-state index is -0.624. The molecule has 1 aromatic rings. The van der Waals surface area contributed by atoms with Gasteiger partial charge in [0.25, 0.3) is 0 Å². The van der Waals surface area contributed by atoms with E-state index in [1.807, 2.05) is 0 Å². The standard InChI is InChI=1S/C13H16ClNO3/c1-3-7-15-12(13(17)18-4-2)9-5-6-11(16)10(14)8-9/h3,5-6,8,12,15-16H,1,4,7H2,2H3. The number of esters is 1. The molecule has 1 unspecified atom stereocenters. The van der Waals surface area contributed by atoms with E-state index >= 15 is 0 Å². The molecule has 0 bridgehead atoms. The fraction of sp³-hybridized carbons (Fsp3) is 0.308. The molecule has 98 valence electrons. The van der Waals surface area contributed by atoms with Gasteiger partial charge in [0, 0.05) is 6.54 Å². The molecule has 0 radical (unpaired) electrons. The van der Waals surface area contributed by atoms with E-state index in [1.165, 1.54) is 12.1 Å². The zero-order valence-corrected chi connectivity index (χ0v) is 10.9. The van der Waals surface area contributed by atoms with Crippen LogP contribution in [-0.2, 0) is 9.53 Å². The maximum Gasteiger partial charge on any atom is 0.327 e. The Morgan fingerprint density at radius 2 is 2.39 bits per heavy atom. The van der Waals surface area contributed by atoms with Gasteiger partial charge in [-0.25, -0.2) is 4.79 Å². The van der Waals surface area contributed by atoms with Crippen molar-refractivity contribution in [2.75, 3.05) is 13.2 Å². The van der Waals surface area contributed by atoms with Crippen LogP contribution in [-0.4, -0.2) is 24.2 Å². The molecule has 0 aliphatic heterocycles. The maximum atomic E-state index is 11.8. The number of phenols is 1. The van der Waals surface area contributed by atoms with Gasteiger partial charge in [-0.1, -0.05) is 23.7 Å². The Labute approximate surface area is 111 Å². The number of aromatic hydroxyl groups is 1. The normalized spacial score (nSPS) is 11.9. The van der Waals surface area contributed by atoms with Crippen molar-refractivity contribution in [1.82, 2.24) is 5.32 Å². The van der Waals surface area contributed by atoms with Gasteiger partial charge in [-0.05, 0) is 24.6 Å². The molecule has 18 heavy (non-hydrogen) atoms. The van der Waals surface area contributed by atoms with E-state index in [2.05, 4.69) is 11.9 Å². The van der Waals surface area contributed by atoms with Crippen molar-refractivity contribution in [3.05, 3.63) is 41.4 Å². The zero-order chi connectivity index (χ0) is 13.5. The summed E-state index contributed by atoms with van der Waals surface area (Å²) < 4.78 is 4.98. The predicted octanol–water partition coefficient (Wildman–Crippen LogP) is 2.43. The minimum Gasteiger partial charge on any atom is -0.506 e. The molecule has 1 atom stereocenters. The number of ether oxygens (including phenoxy) is 1. The second kappa shape index (κ2) is 7.03. The summed E-state index contributed by atoms with van der Waals surface area (Å²) in [6.07, 6.45) is 1.65. The van der Waals surface area contributed by atoms with Gasteiger partial charge in [-0.15, -0.1) is 6.58 Å². The van der Waals surface area contributed by atoms with Crippen molar-refractivity contribution >= 4 is 17.6 Å². The van der Waals surface area contributed by atoms with Gasteiger partial charge < -0.3 is 9.84 Å². The number of carbonyl (C=O) groups is 1. The van der Waals surface area contributed by atoms with E-state index in [0.29, 0.717) is 18.7 Å². The van der Waals surface area contributed by atoms with Crippen LogP contribution in [0.2, 0.25) is 5.02 Å². The Morgan fingerprint density at radius 3 is 2.94 bits per heavy atom. The molecule has 0 aliphatic carbocycles. The molecule has 1 aromatic carbocycles. The summed E-state index contributed by atoms with van der Waals surface area (Å²) in [7, 11) is 0. The number of benzene rings is 1. The molecule has 0 spiro atoms. The quantitative estimate of drug-likeness (QED) is 0.615. The second-order valence-corrected chi connectivity index (χ2v) is 4.00. The third-order valence-corrected chi connectivity index (χ3v) is 2.60. The smallest absolute Gasteiger partial charge is 0.327 e. The van der Waals surface area contributed by atoms with E-state index < -0.39 is 6.04 Å². The van der Waals surface area contributed by atoms with Crippen molar-refractivity contribution in [2.24, 2.45) is 0 Å². The van der Waals surface area contributed by atoms with Crippen molar-refractivity contribution in [2.45, 2.75) is 13.0 Å². The summed E-state index contributed by atoms with van der Waals surface area (Å²) in [6, 6.07) is 3.98. The average molecular weight is 270 g/mol. The van der Waals surface area contributed by atoms with Crippen LogP contribution < -0.4 is 5.32 Å². The lowest BCUT2D eigenvalue weighted by atomic mass is 10.1. The molecular formula is C13H16ClNO3. The van der Waals surface area contributed by atoms with Crippen LogP contribution in [0.4, 0.5) is 0 Å². The monoisotopic (exact) mass is 269 g/mol. The highest BCUT2D eigenvalue weighted by Crippen LogP contribution is 2.27. The second-order valence-electron chi connectivity index (χ2n) is 3.59. The average Bonchev–Trinajstić information content (AvgIpc) is 2.34. The summed E-state index contributed by atoms with van der Waals surface area (Å²) in [5.41, 5.74) is 0.637. The summed E-state index contributed by atoms with van der Waals surface area (Å²) >= 11 is 5.82. The minimum absolute atomic E-state index is 0.0215. The molecular weight excluding hydrogens is 254 g/mol. The van der Waals surface area contributed by atoms with Crippen molar-refractivity contribution in [3.63, 3.8) is 0 Å². The van der Waals surface area contributed by atoms with Crippen molar-refractivity contribution < 1.29 is 14.6 Å². The predicted molar refractivity (Wildman–Crippen MR) is 70.7 cm³/mol. The van der Waals surface area contributed by atoms with Crippen LogP contribution in [0, 0.1) is 0 Å². The fourth-order valence-electron chi connectivity index (χ4n) is 1.47. The number of carbonyl (C=O) groups excluding carboxylic acids is 1. The summed E-state index contributed by atoms with van der Waals surface area (Å²) in [6.45, 7) is 6.09. The first-order chi connectivity index (χ1) is 8.60. The van der Waals surface area contributed by atoms with E-state index in [4.69, 9.17) is 16.3 Å². The van der Waals surface area contributed by atoms with E-state index in [0.717, 1.165) is 0 Å². The molecule has 1 rings (SSSR count). The number of halogens is 1. The summed E-state index contributed by atoms with van der Waals surface area (Å²) in [5.74, 6) is -0.409. The highest BCUT2D eigenvalue weighted by molar-refractivity contribution is 6.32. The number of rotatable bonds is 6. The van der Waals surface area contributed by atoms with Crippen LogP contribution in [0.3, 0.4) is 0 Å². The Morgan fingerprint density at radius 1 is 1.67 bits per heavy atom. The van der Waals surface area contributed by atoms with Crippen LogP contribution >= 0.6 is 11.6 Å². The first-order valence-corrected chi connectivity index (χ1v) is 5.97. The van der Waals surface area contributed by atoms with Gasteiger partial charge in [0.1, 0.15) is 11.8 Å². The Balaban J connectivity index is 2.96. The number of hydrogen-bond acceptors (Lipinski definition) is 4. The summed E-state index contributed by atoms with van der Waals surface area (Å²) in [4.78, 5) is 11.8. The lowest BCUT2D eigenvalue weighted by Gasteiger charge is -2.17. The van der Waals surface area contributed by atoms with Crippen LogP contribution in [0.1, 0.15) is 18.5 Å². The molecule has 0 aliphatic rings. The third kappa shape index (κ3) is 3.75. The van der Waals surface area contributed by atoms with Crippen LogP contribution in [0.5, 0.6) is 5.75 Å². The Hall–Kier alpha value is -1.52. The Kier molecular flexibility index (Phi) is 5.68. The van der Waals surface area contributed by atoms with Gasteiger partial charge in [0.2, 0.25) is 0 Å². The third-order valence-electron chi connectivity index (χ3n) is 2.29. The first kappa shape index (κ1) is 14.5. The topological polar surface area (TPSA) is 58.6 Å². The first-order valence-electron chi connectivity index (χ1n) is 5.59. The highest BCUT2D eigenvalue weighted by Gasteiger charge is 2.21.